The van der Waals surface area contributed by atoms with E-state index >= 15 is 0 Å². The van der Waals surface area contributed by atoms with E-state index in [9.17, 15) is 19.7 Å². The number of anilines is 1. The molecule has 0 aromatic heterocycles. The molecule has 2 aromatic carbocycles. The summed E-state index contributed by atoms with van der Waals surface area (Å²) in [6, 6.07) is 12.5. The highest BCUT2D eigenvalue weighted by Crippen LogP contribution is 2.40. The average molecular weight is 389 g/mol. The molecule has 0 unspecified atom stereocenters. The van der Waals surface area contributed by atoms with Crippen molar-refractivity contribution < 1.29 is 19.2 Å². The molecule has 0 heterocycles. The lowest BCUT2D eigenvalue weighted by atomic mass is 10.1. The summed E-state index contributed by atoms with van der Waals surface area (Å²) in [7, 11) is 0. The van der Waals surface area contributed by atoms with Crippen LogP contribution in [0.15, 0.2) is 48.5 Å². The number of carbonyl (C=O) groups is 2. The Balaban J connectivity index is 1.81. The van der Waals surface area contributed by atoms with Crippen molar-refractivity contribution in [2.45, 2.75) is 19.4 Å². The molecule has 0 aliphatic heterocycles. The summed E-state index contributed by atoms with van der Waals surface area (Å²) in [6.07, 6.45) is -0.410. The first-order valence-corrected chi connectivity index (χ1v) is 8.75. The van der Waals surface area contributed by atoms with Crippen molar-refractivity contribution >= 4 is 34.9 Å². The van der Waals surface area contributed by atoms with Crippen molar-refractivity contribution in [2.75, 3.05) is 5.32 Å². The van der Waals surface area contributed by atoms with Crippen LogP contribution in [0.2, 0.25) is 5.02 Å². The second-order valence-corrected chi connectivity index (χ2v) is 6.87. The van der Waals surface area contributed by atoms with Crippen LogP contribution in [0.25, 0.3) is 0 Å². The maximum Gasteiger partial charge on any atom is 0.310 e. The van der Waals surface area contributed by atoms with Gasteiger partial charge >= 0.3 is 5.97 Å². The van der Waals surface area contributed by atoms with E-state index in [1.807, 2.05) is 6.92 Å². The van der Waals surface area contributed by atoms with Gasteiger partial charge in [-0.2, -0.15) is 0 Å². The van der Waals surface area contributed by atoms with Crippen molar-refractivity contribution in [2.24, 2.45) is 11.8 Å². The van der Waals surface area contributed by atoms with Crippen LogP contribution in [0, 0.1) is 22.0 Å². The normalized spacial score (nSPS) is 19.0. The van der Waals surface area contributed by atoms with Gasteiger partial charge in [0.2, 0.25) is 6.10 Å². The molecule has 1 N–H and O–H groups in total. The summed E-state index contributed by atoms with van der Waals surface area (Å²) in [4.78, 5) is 35.4. The molecule has 27 heavy (non-hydrogen) atoms. The third-order valence-corrected chi connectivity index (χ3v) is 4.72. The molecule has 2 aromatic rings. The van der Waals surface area contributed by atoms with Gasteiger partial charge in [0.25, 0.3) is 11.6 Å². The fraction of sp³-hybridized carbons (Fsp3) is 0.263. The average Bonchev–Trinajstić information content (AvgIpc) is 3.38. The van der Waals surface area contributed by atoms with Gasteiger partial charge in [0.1, 0.15) is 5.02 Å². The number of hydrogen-bond donors (Lipinski definition) is 1. The molecule has 3 atom stereocenters. The number of nitro benzene ring substituents is 1. The minimum absolute atomic E-state index is 0.0354. The largest absolute Gasteiger partial charge is 0.447 e. The van der Waals surface area contributed by atoms with Crippen molar-refractivity contribution in [3.63, 3.8) is 0 Å². The van der Waals surface area contributed by atoms with Crippen molar-refractivity contribution in [1.29, 1.82) is 0 Å². The second-order valence-electron chi connectivity index (χ2n) is 6.46. The topological polar surface area (TPSA) is 98.5 Å². The maximum absolute atomic E-state index is 12.7. The molecule has 7 nitrogen and oxygen atoms in total. The number of rotatable bonds is 6. The van der Waals surface area contributed by atoms with Crippen LogP contribution in [-0.2, 0) is 14.3 Å². The number of nitro groups is 1. The maximum atomic E-state index is 12.7. The molecule has 8 heteroatoms. The van der Waals surface area contributed by atoms with Gasteiger partial charge in [-0.15, -0.1) is 0 Å². The van der Waals surface area contributed by atoms with Gasteiger partial charge in [0.15, 0.2) is 0 Å². The Labute approximate surface area is 160 Å². The number of hydrogen-bond acceptors (Lipinski definition) is 5. The molecule has 0 saturated heterocycles. The van der Waals surface area contributed by atoms with E-state index in [2.05, 4.69) is 5.32 Å². The summed E-state index contributed by atoms with van der Waals surface area (Å²) in [5, 5.41) is 13.5. The highest BCUT2D eigenvalue weighted by atomic mass is 35.5. The molecular weight excluding hydrogens is 372 g/mol. The molecule has 140 valence electrons. The van der Waals surface area contributed by atoms with Gasteiger partial charge in [0, 0.05) is 17.3 Å². The van der Waals surface area contributed by atoms with E-state index in [-0.39, 0.29) is 28.2 Å². The molecule has 1 saturated carbocycles. The van der Waals surface area contributed by atoms with Gasteiger partial charge in [-0.05, 0) is 24.5 Å². The third kappa shape index (κ3) is 4.43. The highest BCUT2D eigenvalue weighted by molar-refractivity contribution is 6.32. The van der Waals surface area contributed by atoms with E-state index in [0.29, 0.717) is 5.56 Å². The fourth-order valence-electron chi connectivity index (χ4n) is 2.69. The second kappa shape index (κ2) is 7.75. The Kier molecular flexibility index (Phi) is 5.41. The third-order valence-electron chi connectivity index (χ3n) is 4.40. The SMILES string of the molecule is C[C@@H]1C[C@@H]1C(=O)O[C@H](C(=O)Nc1ccc(Cl)c([N+](=O)[O-])c1)c1ccccc1. The molecule has 0 radical (unpaired) electrons. The van der Waals surface area contributed by atoms with Crippen molar-refractivity contribution in [3.8, 4) is 0 Å². The molecule has 1 fully saturated rings. The molecule has 3 rings (SSSR count). The van der Waals surface area contributed by atoms with E-state index in [0.717, 1.165) is 12.5 Å². The van der Waals surface area contributed by atoms with Crippen LogP contribution in [0.3, 0.4) is 0 Å². The van der Waals surface area contributed by atoms with Crippen molar-refractivity contribution in [1.82, 2.24) is 0 Å². The number of nitrogens with one attached hydrogen (secondary N) is 1. The summed E-state index contributed by atoms with van der Waals surface area (Å²) < 4.78 is 5.46. The minimum atomic E-state index is -1.15. The number of nitrogens with zero attached hydrogens (tertiary/aromatic N) is 1. The van der Waals surface area contributed by atoms with Crippen LogP contribution in [0.1, 0.15) is 25.0 Å². The Morgan fingerprint density at radius 1 is 1.26 bits per heavy atom. The quantitative estimate of drug-likeness (QED) is 0.455. The van der Waals surface area contributed by atoms with Gasteiger partial charge in [-0.3, -0.25) is 19.7 Å². The molecule has 0 spiro atoms. The first-order chi connectivity index (χ1) is 12.9. The van der Waals surface area contributed by atoms with Gasteiger partial charge in [-0.25, -0.2) is 0 Å². The van der Waals surface area contributed by atoms with Gasteiger partial charge in [-0.1, -0.05) is 48.9 Å². The van der Waals surface area contributed by atoms with E-state index < -0.39 is 22.9 Å². The Morgan fingerprint density at radius 3 is 2.52 bits per heavy atom. The van der Waals surface area contributed by atoms with E-state index in [1.165, 1.54) is 12.1 Å². The lowest BCUT2D eigenvalue weighted by Gasteiger charge is -2.18. The predicted molar refractivity (Wildman–Crippen MR) is 99.3 cm³/mol. The number of esters is 1. The zero-order valence-electron chi connectivity index (χ0n) is 14.4. The molecular formula is C19H17ClN2O5. The molecule has 1 amide bonds. The zero-order valence-corrected chi connectivity index (χ0v) is 15.2. The summed E-state index contributed by atoms with van der Waals surface area (Å²) >= 11 is 5.79. The van der Waals surface area contributed by atoms with E-state index in [4.69, 9.17) is 16.3 Å². The predicted octanol–water partition coefficient (Wildman–Crippen LogP) is 4.13. The zero-order chi connectivity index (χ0) is 19.6. The fourth-order valence-corrected chi connectivity index (χ4v) is 2.88. The van der Waals surface area contributed by atoms with Crippen LogP contribution in [0.5, 0.6) is 0 Å². The lowest BCUT2D eigenvalue weighted by Crippen LogP contribution is -2.26. The standard InChI is InChI=1S/C19H17ClN2O5/c1-11-9-14(11)19(24)27-17(12-5-3-2-4-6-12)18(23)21-13-7-8-15(20)16(10-13)22(25)26/h2-8,10-11,14,17H,9H2,1H3,(H,21,23)/t11-,14+,17+/m1/s1. The van der Waals surface area contributed by atoms with Crippen LogP contribution in [-0.4, -0.2) is 16.8 Å². The molecule has 0 bridgehead atoms. The summed E-state index contributed by atoms with van der Waals surface area (Å²) in [5.74, 6) is -0.968. The van der Waals surface area contributed by atoms with Crippen LogP contribution in [0.4, 0.5) is 11.4 Å². The Hall–Kier alpha value is -2.93. The first kappa shape index (κ1) is 18.8. The molecule has 1 aliphatic carbocycles. The lowest BCUT2D eigenvalue weighted by molar-refractivity contribution is -0.384. The number of carbonyl (C=O) groups excluding carboxylic acids is 2. The summed E-state index contributed by atoms with van der Waals surface area (Å²) in [6.45, 7) is 1.94. The Morgan fingerprint density at radius 2 is 1.93 bits per heavy atom. The number of ether oxygens (including phenoxy) is 1. The summed E-state index contributed by atoms with van der Waals surface area (Å²) in [5.41, 5.74) is 0.377. The highest BCUT2D eigenvalue weighted by Gasteiger charge is 2.42. The Bertz CT molecular complexity index is 887. The minimum Gasteiger partial charge on any atom is -0.447 e. The number of halogens is 1. The van der Waals surface area contributed by atoms with E-state index in [1.54, 1.807) is 30.3 Å². The first-order valence-electron chi connectivity index (χ1n) is 8.37. The van der Waals surface area contributed by atoms with Crippen molar-refractivity contribution in [3.05, 3.63) is 69.2 Å². The van der Waals surface area contributed by atoms with Crippen LogP contribution >= 0.6 is 11.6 Å². The smallest absolute Gasteiger partial charge is 0.310 e. The number of benzene rings is 2. The molecule has 1 aliphatic rings. The number of amides is 1. The van der Waals surface area contributed by atoms with Gasteiger partial charge < -0.3 is 10.1 Å². The van der Waals surface area contributed by atoms with Gasteiger partial charge in [0.05, 0.1) is 10.8 Å². The monoisotopic (exact) mass is 388 g/mol. The van der Waals surface area contributed by atoms with Crippen LogP contribution < -0.4 is 5.32 Å².